The zero-order chi connectivity index (χ0) is 22.9. The molecule has 0 atom stereocenters. The molecule has 0 saturated carbocycles. The van der Waals surface area contributed by atoms with Crippen LogP contribution in [0.15, 0.2) is 70.8 Å². The Morgan fingerprint density at radius 1 is 0.882 bits per heavy atom. The molecule has 2 N–H and O–H groups in total. The summed E-state index contributed by atoms with van der Waals surface area (Å²) in [5.41, 5.74) is 6.76. The first-order valence-electron chi connectivity index (χ1n) is 11.5. The highest BCUT2D eigenvalue weighted by molar-refractivity contribution is 6.04. The van der Waals surface area contributed by atoms with Crippen LogP contribution in [0.3, 0.4) is 0 Å². The van der Waals surface area contributed by atoms with Gasteiger partial charge in [-0.2, -0.15) is 0 Å². The first-order chi connectivity index (χ1) is 16.8. The second-order valence-corrected chi connectivity index (χ2v) is 8.52. The van der Waals surface area contributed by atoms with Crippen LogP contribution in [0, 0.1) is 0 Å². The van der Waals surface area contributed by atoms with Crippen molar-refractivity contribution in [1.82, 2.24) is 20.3 Å². The van der Waals surface area contributed by atoms with E-state index in [-0.39, 0.29) is 0 Å². The summed E-state index contributed by atoms with van der Waals surface area (Å²) in [7, 11) is 0. The number of oxime groups is 1. The zero-order valence-corrected chi connectivity index (χ0v) is 18.6. The molecule has 4 heterocycles. The van der Waals surface area contributed by atoms with Gasteiger partial charge in [-0.05, 0) is 42.2 Å². The largest absolute Gasteiger partial charge is 0.455 e. The molecule has 8 heteroatoms. The van der Waals surface area contributed by atoms with E-state index in [2.05, 4.69) is 48.5 Å². The third kappa shape index (κ3) is 3.72. The van der Waals surface area contributed by atoms with Gasteiger partial charge in [0.2, 0.25) is 5.95 Å². The van der Waals surface area contributed by atoms with Gasteiger partial charge in [0.25, 0.3) is 0 Å². The third-order valence-electron chi connectivity index (χ3n) is 6.48. The van der Waals surface area contributed by atoms with Crippen molar-refractivity contribution in [1.29, 1.82) is 0 Å². The quantitative estimate of drug-likeness (QED) is 0.357. The molecular formula is C26H24N6O2. The van der Waals surface area contributed by atoms with Crippen LogP contribution in [0.25, 0.3) is 33.8 Å². The summed E-state index contributed by atoms with van der Waals surface area (Å²) in [5.74, 6) is 2.23. The van der Waals surface area contributed by atoms with Crippen molar-refractivity contribution in [2.75, 3.05) is 31.1 Å². The third-order valence-corrected chi connectivity index (χ3v) is 6.48. The molecule has 1 aliphatic heterocycles. The number of rotatable bonds is 4. The van der Waals surface area contributed by atoms with Crippen molar-refractivity contribution in [3.8, 4) is 33.8 Å². The predicted molar refractivity (Wildman–Crippen MR) is 130 cm³/mol. The maximum absolute atomic E-state index is 9.27. The Hall–Kier alpha value is -4.04. The molecule has 0 amide bonds. The van der Waals surface area contributed by atoms with E-state index in [1.54, 1.807) is 12.4 Å². The van der Waals surface area contributed by atoms with Gasteiger partial charge in [-0.25, -0.2) is 9.97 Å². The molecule has 0 bridgehead atoms. The van der Waals surface area contributed by atoms with Gasteiger partial charge < -0.3 is 19.8 Å². The first-order valence-corrected chi connectivity index (χ1v) is 11.5. The molecule has 4 aromatic rings. The fourth-order valence-corrected chi connectivity index (χ4v) is 4.68. The van der Waals surface area contributed by atoms with Crippen LogP contribution in [0.4, 0.5) is 5.95 Å². The number of fused-ring (bicyclic) bond motifs is 1. The molecule has 1 fully saturated rings. The lowest BCUT2D eigenvalue weighted by Gasteiger charge is -2.27. The Kier molecular flexibility index (Phi) is 5.27. The minimum atomic E-state index is 0.715. The lowest BCUT2D eigenvalue weighted by molar-refractivity contribution is 0.318. The van der Waals surface area contributed by atoms with Crippen molar-refractivity contribution < 1.29 is 9.62 Å². The average Bonchev–Trinajstić information content (AvgIpc) is 3.54. The highest BCUT2D eigenvalue weighted by atomic mass is 16.4. The molecule has 2 aliphatic rings. The molecule has 34 heavy (non-hydrogen) atoms. The van der Waals surface area contributed by atoms with Crippen molar-refractivity contribution in [2.24, 2.45) is 5.16 Å². The molecule has 3 aromatic heterocycles. The highest BCUT2D eigenvalue weighted by Crippen LogP contribution is 2.40. The molecule has 0 spiro atoms. The number of aryl methyl sites for hydroxylation is 1. The van der Waals surface area contributed by atoms with Crippen LogP contribution in [-0.2, 0) is 6.42 Å². The lowest BCUT2D eigenvalue weighted by atomic mass is 9.98. The summed E-state index contributed by atoms with van der Waals surface area (Å²) >= 11 is 0. The van der Waals surface area contributed by atoms with Crippen molar-refractivity contribution in [3.05, 3.63) is 72.3 Å². The van der Waals surface area contributed by atoms with Gasteiger partial charge >= 0.3 is 0 Å². The fourth-order valence-electron chi connectivity index (χ4n) is 4.68. The molecule has 0 unspecified atom stereocenters. The Bertz CT molecular complexity index is 1340. The number of aromatic nitrogens is 3. The monoisotopic (exact) mass is 452 g/mol. The first kappa shape index (κ1) is 20.6. The Labute approximate surface area is 197 Å². The van der Waals surface area contributed by atoms with Crippen LogP contribution in [-0.4, -0.2) is 52.0 Å². The molecule has 170 valence electrons. The van der Waals surface area contributed by atoms with Gasteiger partial charge in [-0.3, -0.25) is 4.98 Å². The second kappa shape index (κ2) is 8.72. The van der Waals surface area contributed by atoms with Crippen LogP contribution < -0.4 is 10.2 Å². The summed E-state index contributed by atoms with van der Waals surface area (Å²) in [6.07, 6.45) is 8.80. The minimum Gasteiger partial charge on any atom is -0.455 e. The fraction of sp³-hybridized carbons (Fsp3) is 0.231. The van der Waals surface area contributed by atoms with E-state index in [1.807, 2.05) is 30.6 Å². The number of nitrogens with zero attached hydrogens (tertiary/aromatic N) is 5. The molecule has 1 saturated heterocycles. The number of anilines is 1. The van der Waals surface area contributed by atoms with Gasteiger partial charge in [0.05, 0.1) is 11.3 Å². The van der Waals surface area contributed by atoms with E-state index in [1.165, 1.54) is 5.56 Å². The molecule has 0 radical (unpaired) electrons. The van der Waals surface area contributed by atoms with Gasteiger partial charge in [0, 0.05) is 67.7 Å². The molecule has 1 aromatic carbocycles. The summed E-state index contributed by atoms with van der Waals surface area (Å²) in [5, 5.41) is 16.1. The van der Waals surface area contributed by atoms with Crippen LogP contribution in [0.1, 0.15) is 17.5 Å². The van der Waals surface area contributed by atoms with E-state index in [0.717, 1.165) is 84.3 Å². The van der Waals surface area contributed by atoms with Crippen LogP contribution in [0.5, 0.6) is 0 Å². The SMILES string of the molecule is ON=C1CCc2cc(-c3cc(-c4cnc(N5CCNCC5)nc4)oc3-c3ccncc3)ccc21. The standard InChI is InChI=1S/C26H24N6O2/c33-31-23-4-2-18-13-19(1-3-21(18)23)22-14-24(34-25(22)17-5-7-27-8-6-17)20-15-29-26(30-16-20)32-11-9-28-10-12-32/h1,3,5-8,13-16,28,33H,2,4,9-12H2. The molecule has 1 aliphatic carbocycles. The number of pyridine rings is 1. The number of nitrogens with one attached hydrogen (secondary N) is 1. The van der Waals surface area contributed by atoms with E-state index in [0.29, 0.717) is 5.76 Å². The Morgan fingerprint density at radius 3 is 2.44 bits per heavy atom. The Morgan fingerprint density at radius 2 is 1.68 bits per heavy atom. The summed E-state index contributed by atoms with van der Waals surface area (Å²) < 4.78 is 6.39. The van der Waals surface area contributed by atoms with Gasteiger partial charge in [0.15, 0.2) is 0 Å². The van der Waals surface area contributed by atoms with Gasteiger partial charge in [-0.15, -0.1) is 0 Å². The average molecular weight is 453 g/mol. The lowest BCUT2D eigenvalue weighted by Crippen LogP contribution is -2.44. The normalized spacial score (nSPS) is 16.7. The molecule has 8 nitrogen and oxygen atoms in total. The smallest absolute Gasteiger partial charge is 0.225 e. The van der Waals surface area contributed by atoms with E-state index in [9.17, 15) is 5.21 Å². The Balaban J connectivity index is 1.40. The summed E-state index contributed by atoms with van der Waals surface area (Å²) in [6.45, 7) is 3.68. The van der Waals surface area contributed by atoms with E-state index < -0.39 is 0 Å². The molecule has 6 rings (SSSR count). The summed E-state index contributed by atoms with van der Waals surface area (Å²) in [6, 6.07) is 12.2. The van der Waals surface area contributed by atoms with Crippen molar-refractivity contribution in [3.63, 3.8) is 0 Å². The summed E-state index contributed by atoms with van der Waals surface area (Å²) in [4.78, 5) is 15.6. The van der Waals surface area contributed by atoms with Gasteiger partial charge in [-0.1, -0.05) is 23.4 Å². The molecular weight excluding hydrogens is 428 g/mol. The van der Waals surface area contributed by atoms with Crippen molar-refractivity contribution in [2.45, 2.75) is 12.8 Å². The van der Waals surface area contributed by atoms with Crippen LogP contribution in [0.2, 0.25) is 0 Å². The van der Waals surface area contributed by atoms with E-state index >= 15 is 0 Å². The maximum atomic E-state index is 9.27. The topological polar surface area (TPSA) is 99.7 Å². The predicted octanol–water partition coefficient (Wildman–Crippen LogP) is 4.00. The van der Waals surface area contributed by atoms with E-state index in [4.69, 9.17) is 4.42 Å². The van der Waals surface area contributed by atoms with Gasteiger partial charge in [0.1, 0.15) is 11.5 Å². The zero-order valence-electron chi connectivity index (χ0n) is 18.6. The number of benzene rings is 1. The highest BCUT2D eigenvalue weighted by Gasteiger charge is 2.22. The van der Waals surface area contributed by atoms with Crippen LogP contribution >= 0.6 is 0 Å². The second-order valence-electron chi connectivity index (χ2n) is 8.52. The number of hydrogen-bond acceptors (Lipinski definition) is 8. The number of hydrogen-bond donors (Lipinski definition) is 2. The maximum Gasteiger partial charge on any atom is 0.225 e. The minimum absolute atomic E-state index is 0.715. The number of piperazine rings is 1. The van der Waals surface area contributed by atoms with Crippen molar-refractivity contribution >= 4 is 11.7 Å². The number of furan rings is 1.